The lowest BCUT2D eigenvalue weighted by atomic mass is 10.5. The summed E-state index contributed by atoms with van der Waals surface area (Å²) in [4.78, 5) is 9.93. The quantitative estimate of drug-likeness (QED) is 0.692. The van der Waals surface area contributed by atoms with Gasteiger partial charge in [-0.3, -0.25) is 4.68 Å². The van der Waals surface area contributed by atoms with E-state index in [9.17, 15) is 4.79 Å². The normalized spacial score (nSPS) is 9.70. The third-order valence-electron chi connectivity index (χ3n) is 1.08. The van der Waals surface area contributed by atoms with Crippen molar-refractivity contribution in [1.82, 2.24) is 9.78 Å². The molecule has 0 saturated heterocycles. The van der Waals surface area contributed by atoms with Crippen molar-refractivity contribution in [2.75, 3.05) is 0 Å². The molecule has 0 radical (unpaired) electrons. The first-order chi connectivity index (χ1) is 4.83. The van der Waals surface area contributed by atoms with Gasteiger partial charge in [-0.2, -0.15) is 5.10 Å². The van der Waals surface area contributed by atoms with Gasteiger partial charge in [0.15, 0.2) is 0 Å². The SMILES string of the molecule is O=CCCn1cc(Br)cn1. The first kappa shape index (κ1) is 7.47. The second-order valence-corrected chi connectivity index (χ2v) is 2.79. The van der Waals surface area contributed by atoms with Gasteiger partial charge in [0.05, 0.1) is 10.7 Å². The minimum absolute atomic E-state index is 0.522. The molecule has 0 unspecified atom stereocenters. The van der Waals surface area contributed by atoms with E-state index in [1.54, 1.807) is 10.9 Å². The molecule has 0 spiro atoms. The van der Waals surface area contributed by atoms with E-state index in [-0.39, 0.29) is 0 Å². The van der Waals surface area contributed by atoms with Crippen molar-refractivity contribution in [3.8, 4) is 0 Å². The summed E-state index contributed by atoms with van der Waals surface area (Å²) in [6.07, 6.45) is 4.94. The molecule has 0 aliphatic heterocycles. The van der Waals surface area contributed by atoms with E-state index >= 15 is 0 Å². The molecule has 1 aromatic heterocycles. The third kappa shape index (κ3) is 1.95. The second-order valence-electron chi connectivity index (χ2n) is 1.88. The van der Waals surface area contributed by atoms with E-state index in [1.165, 1.54) is 0 Å². The standard InChI is InChI=1S/C6H7BrN2O/c7-6-4-8-9(5-6)2-1-3-10/h3-5H,1-2H2. The Morgan fingerprint density at radius 3 is 3.10 bits per heavy atom. The summed E-state index contributed by atoms with van der Waals surface area (Å²) in [5.74, 6) is 0. The van der Waals surface area contributed by atoms with Gasteiger partial charge >= 0.3 is 0 Å². The van der Waals surface area contributed by atoms with Gasteiger partial charge in [-0.05, 0) is 15.9 Å². The summed E-state index contributed by atoms with van der Waals surface area (Å²) in [5, 5.41) is 3.96. The molecule has 4 heteroatoms. The Balaban J connectivity index is 2.49. The zero-order chi connectivity index (χ0) is 7.40. The maximum atomic E-state index is 9.93. The highest BCUT2D eigenvalue weighted by Crippen LogP contribution is 2.05. The fourth-order valence-corrected chi connectivity index (χ4v) is 0.974. The van der Waals surface area contributed by atoms with Gasteiger partial charge in [0.1, 0.15) is 6.29 Å². The van der Waals surface area contributed by atoms with E-state index < -0.39 is 0 Å². The number of aldehydes is 1. The van der Waals surface area contributed by atoms with Crippen LogP contribution < -0.4 is 0 Å². The van der Waals surface area contributed by atoms with Gasteiger partial charge in [0.2, 0.25) is 0 Å². The average Bonchev–Trinajstić information content (AvgIpc) is 2.31. The number of carbonyl (C=O) groups excluding carboxylic acids is 1. The summed E-state index contributed by atoms with van der Waals surface area (Å²) in [7, 11) is 0. The Kier molecular flexibility index (Phi) is 2.62. The monoisotopic (exact) mass is 202 g/mol. The van der Waals surface area contributed by atoms with Crippen molar-refractivity contribution in [3.63, 3.8) is 0 Å². The second kappa shape index (κ2) is 3.51. The largest absolute Gasteiger partial charge is 0.303 e. The van der Waals surface area contributed by atoms with E-state index in [0.29, 0.717) is 13.0 Å². The lowest BCUT2D eigenvalue weighted by Gasteiger charge is -1.92. The van der Waals surface area contributed by atoms with Crippen LogP contribution in [0.4, 0.5) is 0 Å². The highest BCUT2D eigenvalue weighted by molar-refractivity contribution is 9.10. The van der Waals surface area contributed by atoms with E-state index in [1.807, 2.05) is 6.20 Å². The summed E-state index contributed by atoms with van der Waals surface area (Å²) in [6, 6.07) is 0. The van der Waals surface area contributed by atoms with Gasteiger partial charge in [0.25, 0.3) is 0 Å². The zero-order valence-electron chi connectivity index (χ0n) is 5.33. The number of halogens is 1. The minimum Gasteiger partial charge on any atom is -0.303 e. The fourth-order valence-electron chi connectivity index (χ4n) is 0.646. The maximum Gasteiger partial charge on any atom is 0.121 e. The molecule has 0 N–H and O–H groups in total. The maximum absolute atomic E-state index is 9.93. The smallest absolute Gasteiger partial charge is 0.121 e. The highest BCUT2D eigenvalue weighted by Gasteiger charge is 1.92. The van der Waals surface area contributed by atoms with Crippen LogP contribution in [0.25, 0.3) is 0 Å². The molecule has 3 nitrogen and oxygen atoms in total. The number of hydrogen-bond acceptors (Lipinski definition) is 2. The molecule has 0 aliphatic carbocycles. The van der Waals surface area contributed by atoms with Crippen LogP contribution in [0.2, 0.25) is 0 Å². The molecule has 0 fully saturated rings. The molecule has 1 aromatic rings. The van der Waals surface area contributed by atoms with Crippen LogP contribution in [0.5, 0.6) is 0 Å². The Hall–Kier alpha value is -0.640. The Morgan fingerprint density at radius 2 is 2.60 bits per heavy atom. The molecular weight excluding hydrogens is 196 g/mol. The predicted molar refractivity (Wildman–Crippen MR) is 40.6 cm³/mol. The summed E-state index contributed by atoms with van der Waals surface area (Å²) in [5.41, 5.74) is 0. The van der Waals surface area contributed by atoms with E-state index in [4.69, 9.17) is 0 Å². The Bertz CT molecular complexity index is 221. The first-order valence-electron chi connectivity index (χ1n) is 2.94. The van der Waals surface area contributed by atoms with Crippen LogP contribution in [0, 0.1) is 0 Å². The Morgan fingerprint density at radius 1 is 1.80 bits per heavy atom. The zero-order valence-corrected chi connectivity index (χ0v) is 6.91. The molecule has 0 aliphatic rings. The van der Waals surface area contributed by atoms with Gasteiger partial charge < -0.3 is 4.79 Å². The first-order valence-corrected chi connectivity index (χ1v) is 3.74. The van der Waals surface area contributed by atoms with Gasteiger partial charge in [-0.25, -0.2) is 0 Å². The number of hydrogen-bond donors (Lipinski definition) is 0. The van der Waals surface area contributed by atoms with Crippen LogP contribution in [0.3, 0.4) is 0 Å². The number of carbonyl (C=O) groups is 1. The van der Waals surface area contributed by atoms with Crippen molar-refractivity contribution in [2.24, 2.45) is 0 Å². The van der Waals surface area contributed by atoms with Crippen molar-refractivity contribution in [2.45, 2.75) is 13.0 Å². The van der Waals surface area contributed by atoms with Crippen LogP contribution >= 0.6 is 15.9 Å². The van der Waals surface area contributed by atoms with Crippen molar-refractivity contribution >= 4 is 22.2 Å². The third-order valence-corrected chi connectivity index (χ3v) is 1.49. The van der Waals surface area contributed by atoms with Crippen LogP contribution in [-0.4, -0.2) is 16.1 Å². The summed E-state index contributed by atoms with van der Waals surface area (Å²) >= 11 is 3.25. The molecule has 54 valence electrons. The van der Waals surface area contributed by atoms with E-state index in [0.717, 1.165) is 10.8 Å². The lowest BCUT2D eigenvalue weighted by molar-refractivity contribution is -0.108. The molecule has 10 heavy (non-hydrogen) atoms. The van der Waals surface area contributed by atoms with Crippen molar-refractivity contribution in [3.05, 3.63) is 16.9 Å². The molecule has 0 amide bonds. The van der Waals surface area contributed by atoms with Gasteiger partial charge in [-0.15, -0.1) is 0 Å². The van der Waals surface area contributed by atoms with Crippen LogP contribution in [-0.2, 0) is 11.3 Å². The average molecular weight is 203 g/mol. The highest BCUT2D eigenvalue weighted by atomic mass is 79.9. The van der Waals surface area contributed by atoms with E-state index in [2.05, 4.69) is 21.0 Å². The van der Waals surface area contributed by atoms with Gasteiger partial charge in [-0.1, -0.05) is 0 Å². The molecule has 0 atom stereocenters. The molecule has 0 saturated carbocycles. The number of rotatable bonds is 3. The topological polar surface area (TPSA) is 34.9 Å². The number of aromatic nitrogens is 2. The predicted octanol–water partition coefficient (Wildman–Crippen LogP) is 1.23. The van der Waals surface area contributed by atoms with Crippen LogP contribution in [0.15, 0.2) is 16.9 Å². The van der Waals surface area contributed by atoms with Gasteiger partial charge in [0, 0.05) is 19.2 Å². The lowest BCUT2D eigenvalue weighted by Crippen LogP contribution is -1.97. The van der Waals surface area contributed by atoms with Crippen LogP contribution in [0.1, 0.15) is 6.42 Å². The number of aryl methyl sites for hydroxylation is 1. The summed E-state index contributed by atoms with van der Waals surface area (Å²) in [6.45, 7) is 0.662. The number of nitrogens with zero attached hydrogens (tertiary/aromatic N) is 2. The molecule has 0 aromatic carbocycles. The minimum atomic E-state index is 0.522. The fraction of sp³-hybridized carbons (Fsp3) is 0.333. The Labute approximate surface area is 67.2 Å². The molecular formula is C6H7BrN2O. The molecule has 1 rings (SSSR count). The summed E-state index contributed by atoms with van der Waals surface area (Å²) < 4.78 is 2.66. The van der Waals surface area contributed by atoms with Crippen molar-refractivity contribution in [1.29, 1.82) is 0 Å². The van der Waals surface area contributed by atoms with Crippen molar-refractivity contribution < 1.29 is 4.79 Å². The molecule has 1 heterocycles. The molecule has 0 bridgehead atoms.